The monoisotopic (exact) mass is 518 g/mol. The van der Waals surface area contributed by atoms with Crippen molar-refractivity contribution in [3.8, 4) is 0 Å². The summed E-state index contributed by atoms with van der Waals surface area (Å²) < 4.78 is 0. The number of piperazine rings is 1. The maximum Gasteiger partial charge on any atom is 0.329 e. The van der Waals surface area contributed by atoms with Crippen LogP contribution < -0.4 is 4.90 Å². The van der Waals surface area contributed by atoms with Crippen molar-refractivity contribution in [2.45, 2.75) is 44.4 Å². The highest BCUT2D eigenvalue weighted by atomic mass is 32.1. The van der Waals surface area contributed by atoms with Gasteiger partial charge in [0.25, 0.3) is 0 Å². The van der Waals surface area contributed by atoms with Gasteiger partial charge in [0.1, 0.15) is 0 Å². The number of likely N-dealkylation sites (tertiary alicyclic amines) is 1. The fourth-order valence-corrected chi connectivity index (χ4v) is 6.41. The van der Waals surface area contributed by atoms with Crippen LogP contribution in [-0.4, -0.2) is 69.6 Å². The van der Waals surface area contributed by atoms with E-state index in [1.54, 1.807) is 33.1 Å². The first kappa shape index (κ1) is 24.8. The van der Waals surface area contributed by atoms with E-state index in [0.29, 0.717) is 30.8 Å². The molecule has 2 aromatic carbocycles. The Hall–Kier alpha value is -3.85. The number of hydrogen-bond donors (Lipinski definition) is 1. The number of carbonyl (C=O) groups excluding carboxylic acids is 2. The van der Waals surface area contributed by atoms with Gasteiger partial charge in [0.2, 0.25) is 0 Å². The summed E-state index contributed by atoms with van der Waals surface area (Å²) in [5.41, 5.74) is 1.30. The molecule has 37 heavy (non-hydrogen) atoms. The number of nitrogens with zero attached hydrogens (tertiary/aromatic N) is 4. The fraction of sp³-hybridized carbons (Fsp3) is 0.321. The average molecular weight is 519 g/mol. The van der Waals surface area contributed by atoms with E-state index in [9.17, 15) is 19.5 Å². The number of rotatable bonds is 5. The Kier molecular flexibility index (Phi) is 6.88. The van der Waals surface area contributed by atoms with Crippen LogP contribution in [0.5, 0.6) is 0 Å². The number of aliphatic carboxylic acids is 1. The molecule has 0 saturated carbocycles. The number of thiophene rings is 1. The predicted molar refractivity (Wildman–Crippen MR) is 143 cm³/mol. The van der Waals surface area contributed by atoms with Crippen LogP contribution >= 0.6 is 11.3 Å². The molecular formula is C28H30N4O4S. The summed E-state index contributed by atoms with van der Waals surface area (Å²) in [6, 6.07) is 19.9. The first-order chi connectivity index (χ1) is 17.8. The Balaban J connectivity index is 1.43. The van der Waals surface area contributed by atoms with E-state index in [4.69, 9.17) is 0 Å². The molecule has 8 nitrogen and oxygen atoms in total. The van der Waals surface area contributed by atoms with Gasteiger partial charge < -0.3 is 19.8 Å². The van der Waals surface area contributed by atoms with E-state index in [1.165, 1.54) is 9.78 Å². The maximum absolute atomic E-state index is 14.1. The number of anilines is 2. The summed E-state index contributed by atoms with van der Waals surface area (Å²) in [6.07, 6.45) is 1.20. The van der Waals surface area contributed by atoms with Crippen molar-refractivity contribution in [3.63, 3.8) is 0 Å². The zero-order valence-electron chi connectivity index (χ0n) is 20.9. The van der Waals surface area contributed by atoms with Crippen molar-refractivity contribution in [1.82, 2.24) is 14.7 Å². The Morgan fingerprint density at radius 3 is 2.08 bits per heavy atom. The predicted octanol–water partition coefficient (Wildman–Crippen LogP) is 5.17. The molecule has 192 valence electrons. The van der Waals surface area contributed by atoms with Crippen molar-refractivity contribution in [3.05, 3.63) is 82.6 Å². The number of aryl methyl sites for hydroxylation is 1. The van der Waals surface area contributed by atoms with Gasteiger partial charge in [-0.1, -0.05) is 36.4 Å². The van der Waals surface area contributed by atoms with Gasteiger partial charge >= 0.3 is 18.0 Å². The lowest BCUT2D eigenvalue weighted by Crippen LogP contribution is -2.67. The maximum atomic E-state index is 14.1. The molecule has 4 amide bonds. The van der Waals surface area contributed by atoms with Crippen molar-refractivity contribution in [1.29, 1.82) is 0 Å². The molecule has 2 bridgehead atoms. The number of urea groups is 2. The van der Waals surface area contributed by atoms with Gasteiger partial charge in [-0.2, -0.15) is 0 Å². The lowest BCUT2D eigenvalue weighted by Gasteiger charge is -2.47. The van der Waals surface area contributed by atoms with Gasteiger partial charge in [0.05, 0.1) is 30.0 Å². The Bertz CT molecular complexity index is 1240. The summed E-state index contributed by atoms with van der Waals surface area (Å²) in [7, 11) is 1.75. The molecule has 3 aromatic rings. The molecule has 2 aliphatic rings. The summed E-state index contributed by atoms with van der Waals surface area (Å²) >= 11 is 1.64. The van der Waals surface area contributed by atoms with Crippen molar-refractivity contribution in [2.24, 2.45) is 0 Å². The number of benzene rings is 2. The number of carboxylic acids is 1. The van der Waals surface area contributed by atoms with Crippen LogP contribution in [0.3, 0.4) is 0 Å². The van der Waals surface area contributed by atoms with E-state index in [-0.39, 0.29) is 18.6 Å². The molecule has 1 unspecified atom stereocenters. The van der Waals surface area contributed by atoms with Crippen molar-refractivity contribution in [2.75, 3.05) is 18.5 Å². The molecule has 5 rings (SSSR count). The minimum absolute atomic E-state index is 0.167. The number of hydrogen-bond acceptors (Lipinski definition) is 4. The highest BCUT2D eigenvalue weighted by molar-refractivity contribution is 7.11. The topological polar surface area (TPSA) is 84.4 Å². The summed E-state index contributed by atoms with van der Waals surface area (Å²) in [5, 5.41) is 10.3. The third-order valence-corrected chi connectivity index (χ3v) is 8.09. The quantitative estimate of drug-likeness (QED) is 0.505. The van der Waals surface area contributed by atoms with Crippen LogP contribution in [0.15, 0.2) is 72.8 Å². The number of carboxylic acid groups (broad SMARTS) is 1. The van der Waals surface area contributed by atoms with Crippen LogP contribution in [0.4, 0.5) is 21.0 Å². The van der Waals surface area contributed by atoms with Crippen LogP contribution in [-0.2, 0) is 11.3 Å². The van der Waals surface area contributed by atoms with E-state index in [1.807, 2.05) is 79.7 Å². The van der Waals surface area contributed by atoms with E-state index in [2.05, 4.69) is 0 Å². The molecule has 0 aliphatic carbocycles. The van der Waals surface area contributed by atoms with Crippen LogP contribution in [0.1, 0.15) is 22.6 Å². The largest absolute Gasteiger partial charge is 0.480 e. The van der Waals surface area contributed by atoms with Gasteiger partial charge in [-0.3, -0.25) is 4.90 Å². The first-order valence-corrected chi connectivity index (χ1v) is 13.2. The standard InChI is InChI=1S/C28H30N4O4S/c1-19-13-15-23(37-19)18-29(2)27(35)32-22-14-16-24(32)25(26(33)34)30(17-22)28(36)31(20-9-5-3-6-10-20)21-11-7-4-8-12-21/h3-13,15,22,24-25H,14,16-18H2,1-2H3,(H,33,34)/t22-,24?,25-/m0/s1. The summed E-state index contributed by atoms with van der Waals surface area (Å²) in [5.74, 6) is -1.10. The van der Waals surface area contributed by atoms with Gasteiger partial charge in [-0.15, -0.1) is 11.3 Å². The second kappa shape index (κ2) is 10.3. The summed E-state index contributed by atoms with van der Waals surface area (Å²) in [4.78, 5) is 48.8. The first-order valence-electron chi connectivity index (χ1n) is 12.4. The minimum Gasteiger partial charge on any atom is -0.480 e. The summed E-state index contributed by atoms with van der Waals surface area (Å²) in [6.45, 7) is 2.65. The number of amides is 4. The molecule has 1 aromatic heterocycles. The second-order valence-electron chi connectivity index (χ2n) is 9.58. The molecule has 0 spiro atoms. The molecule has 2 saturated heterocycles. The average Bonchev–Trinajstić information content (AvgIpc) is 3.44. The molecule has 2 aliphatic heterocycles. The van der Waals surface area contributed by atoms with Crippen LogP contribution in [0.2, 0.25) is 0 Å². The van der Waals surface area contributed by atoms with E-state index in [0.717, 1.165) is 4.88 Å². The zero-order chi connectivity index (χ0) is 26.1. The van der Waals surface area contributed by atoms with Crippen molar-refractivity contribution < 1.29 is 19.5 Å². The highest BCUT2D eigenvalue weighted by Gasteiger charge is 2.54. The number of carbonyl (C=O) groups is 3. The van der Waals surface area contributed by atoms with E-state index >= 15 is 0 Å². The molecular weight excluding hydrogens is 488 g/mol. The highest BCUT2D eigenvalue weighted by Crippen LogP contribution is 2.37. The Morgan fingerprint density at radius 2 is 1.54 bits per heavy atom. The molecule has 2 fully saturated rings. The molecule has 0 radical (unpaired) electrons. The molecule has 9 heteroatoms. The molecule has 3 heterocycles. The lowest BCUT2D eigenvalue weighted by molar-refractivity contribution is -0.145. The van der Waals surface area contributed by atoms with E-state index < -0.39 is 24.1 Å². The van der Waals surface area contributed by atoms with Crippen molar-refractivity contribution >= 4 is 40.7 Å². The number of para-hydroxylation sites is 2. The molecule has 3 atom stereocenters. The SMILES string of the molecule is Cc1ccc(CN(C)C(=O)N2C3CC[C@H]2CN(C(=O)N(c2ccccc2)c2ccccc2)[C@@H]3C(=O)O)s1. The number of fused-ring (bicyclic) bond motifs is 2. The lowest BCUT2D eigenvalue weighted by atomic mass is 10.0. The Labute approximate surface area is 220 Å². The fourth-order valence-electron chi connectivity index (χ4n) is 5.46. The zero-order valence-corrected chi connectivity index (χ0v) is 21.7. The smallest absolute Gasteiger partial charge is 0.329 e. The van der Waals surface area contributed by atoms with Crippen LogP contribution in [0, 0.1) is 6.92 Å². The van der Waals surface area contributed by atoms with Gasteiger partial charge in [0, 0.05) is 23.3 Å². The third-order valence-electron chi connectivity index (χ3n) is 7.11. The van der Waals surface area contributed by atoms with Gasteiger partial charge in [-0.05, 0) is 56.2 Å². The minimum atomic E-state index is -1.14. The van der Waals surface area contributed by atoms with Gasteiger partial charge in [0.15, 0.2) is 6.04 Å². The Morgan fingerprint density at radius 1 is 0.919 bits per heavy atom. The second-order valence-corrected chi connectivity index (χ2v) is 11.0. The third kappa shape index (κ3) is 4.79. The normalized spacial score (nSPS) is 20.5. The van der Waals surface area contributed by atoms with Crippen LogP contribution in [0.25, 0.3) is 0 Å². The van der Waals surface area contributed by atoms with Gasteiger partial charge in [-0.25, -0.2) is 14.4 Å². The molecule has 1 N–H and O–H groups in total.